The standard InChI is InChI=1S/C27H27NO3/c1-17-8-7-11-20-25(17)27(29)28(16-18-9-5-4-6-10-18)22-13-12-19-14-23(30-2)24(31-3)15-21(19)26(20)22/h4-11,14-15,22,26H,12-13,16H2,1-3H3/t22-,26-/m1/s1. The zero-order valence-corrected chi connectivity index (χ0v) is 18.2. The maximum Gasteiger partial charge on any atom is 0.255 e. The van der Waals surface area contributed by atoms with Crippen LogP contribution in [0, 0.1) is 6.92 Å². The molecule has 1 aliphatic heterocycles. The molecule has 31 heavy (non-hydrogen) atoms. The van der Waals surface area contributed by atoms with E-state index in [1.807, 2.05) is 31.2 Å². The second-order valence-corrected chi connectivity index (χ2v) is 8.45. The Bertz CT molecular complexity index is 1140. The van der Waals surface area contributed by atoms with E-state index in [0.29, 0.717) is 6.54 Å². The lowest BCUT2D eigenvalue weighted by molar-refractivity contribution is 0.0585. The van der Waals surface area contributed by atoms with Gasteiger partial charge in [0.25, 0.3) is 5.91 Å². The lowest BCUT2D eigenvalue weighted by Crippen LogP contribution is -2.50. The van der Waals surface area contributed by atoms with Crippen LogP contribution in [0.1, 0.15) is 50.5 Å². The van der Waals surface area contributed by atoms with Crippen LogP contribution in [0.2, 0.25) is 0 Å². The highest BCUT2D eigenvalue weighted by atomic mass is 16.5. The van der Waals surface area contributed by atoms with E-state index in [2.05, 4.69) is 41.3 Å². The van der Waals surface area contributed by atoms with Crippen molar-refractivity contribution in [3.63, 3.8) is 0 Å². The largest absolute Gasteiger partial charge is 0.493 e. The molecule has 0 bridgehead atoms. The van der Waals surface area contributed by atoms with Gasteiger partial charge in [0.15, 0.2) is 11.5 Å². The summed E-state index contributed by atoms with van der Waals surface area (Å²) in [7, 11) is 3.35. The fourth-order valence-electron chi connectivity index (χ4n) is 5.34. The number of hydrogen-bond acceptors (Lipinski definition) is 3. The highest BCUT2D eigenvalue weighted by Crippen LogP contribution is 2.48. The maximum absolute atomic E-state index is 13.7. The first-order valence-electron chi connectivity index (χ1n) is 10.8. The van der Waals surface area contributed by atoms with E-state index in [-0.39, 0.29) is 17.9 Å². The molecule has 3 aromatic carbocycles. The summed E-state index contributed by atoms with van der Waals surface area (Å²) in [4.78, 5) is 15.8. The fraction of sp³-hybridized carbons (Fsp3) is 0.296. The van der Waals surface area contributed by atoms with Crippen molar-refractivity contribution in [1.82, 2.24) is 4.90 Å². The molecule has 2 aliphatic rings. The Morgan fingerprint density at radius 2 is 1.68 bits per heavy atom. The van der Waals surface area contributed by atoms with Crippen molar-refractivity contribution in [2.45, 2.75) is 38.3 Å². The minimum absolute atomic E-state index is 0.118. The summed E-state index contributed by atoms with van der Waals surface area (Å²) in [6.45, 7) is 2.66. The number of aryl methyl sites for hydroxylation is 2. The molecule has 0 spiro atoms. The summed E-state index contributed by atoms with van der Waals surface area (Å²) in [6.07, 6.45) is 1.84. The van der Waals surface area contributed by atoms with Gasteiger partial charge in [0.2, 0.25) is 0 Å². The number of nitrogens with zero attached hydrogens (tertiary/aromatic N) is 1. The Kier molecular flexibility index (Phi) is 4.93. The molecule has 2 atom stereocenters. The van der Waals surface area contributed by atoms with Gasteiger partial charge in [-0.15, -0.1) is 0 Å². The first kappa shape index (κ1) is 19.7. The Morgan fingerprint density at radius 3 is 2.42 bits per heavy atom. The molecule has 0 N–H and O–H groups in total. The number of amides is 1. The summed E-state index contributed by atoms with van der Waals surface area (Å²) in [5.41, 5.74) is 6.69. The van der Waals surface area contributed by atoms with E-state index in [0.717, 1.165) is 46.6 Å². The quantitative estimate of drug-likeness (QED) is 0.596. The molecule has 4 heteroatoms. The average molecular weight is 414 g/mol. The number of hydrogen-bond donors (Lipinski definition) is 0. The number of carbonyl (C=O) groups excluding carboxylic acids is 1. The predicted octanol–water partition coefficient (Wildman–Crippen LogP) is 5.11. The minimum Gasteiger partial charge on any atom is -0.493 e. The molecule has 158 valence electrons. The second kappa shape index (κ2) is 7.77. The summed E-state index contributed by atoms with van der Waals surface area (Å²) >= 11 is 0. The van der Waals surface area contributed by atoms with Gasteiger partial charge in [-0.25, -0.2) is 0 Å². The van der Waals surface area contributed by atoms with E-state index in [1.54, 1.807) is 14.2 Å². The molecule has 1 aliphatic carbocycles. The normalized spacial score (nSPS) is 19.3. The van der Waals surface area contributed by atoms with Crippen molar-refractivity contribution in [3.05, 3.63) is 94.0 Å². The van der Waals surface area contributed by atoms with Gasteiger partial charge in [-0.2, -0.15) is 0 Å². The van der Waals surface area contributed by atoms with Gasteiger partial charge in [-0.05, 0) is 59.7 Å². The molecule has 4 nitrogen and oxygen atoms in total. The maximum atomic E-state index is 13.7. The molecular formula is C27H27NO3. The fourth-order valence-corrected chi connectivity index (χ4v) is 5.34. The average Bonchev–Trinajstić information content (AvgIpc) is 2.80. The number of carbonyl (C=O) groups is 1. The Morgan fingerprint density at radius 1 is 0.935 bits per heavy atom. The monoisotopic (exact) mass is 413 g/mol. The third-order valence-electron chi connectivity index (χ3n) is 6.79. The number of ether oxygens (including phenoxy) is 2. The molecule has 0 saturated carbocycles. The van der Waals surface area contributed by atoms with E-state index in [4.69, 9.17) is 9.47 Å². The van der Waals surface area contributed by atoms with Crippen LogP contribution < -0.4 is 9.47 Å². The van der Waals surface area contributed by atoms with Crippen LogP contribution in [-0.4, -0.2) is 31.1 Å². The van der Waals surface area contributed by atoms with Crippen LogP contribution in [0.15, 0.2) is 60.7 Å². The van der Waals surface area contributed by atoms with Crippen molar-refractivity contribution in [2.24, 2.45) is 0 Å². The van der Waals surface area contributed by atoms with E-state index < -0.39 is 0 Å². The van der Waals surface area contributed by atoms with Crippen LogP contribution in [0.25, 0.3) is 0 Å². The molecule has 0 unspecified atom stereocenters. The molecule has 1 amide bonds. The van der Waals surface area contributed by atoms with Gasteiger partial charge in [-0.3, -0.25) is 4.79 Å². The van der Waals surface area contributed by atoms with E-state index in [1.165, 1.54) is 11.1 Å². The highest BCUT2D eigenvalue weighted by Gasteiger charge is 2.44. The van der Waals surface area contributed by atoms with Gasteiger partial charge in [-0.1, -0.05) is 48.5 Å². The van der Waals surface area contributed by atoms with Crippen molar-refractivity contribution in [1.29, 1.82) is 0 Å². The van der Waals surface area contributed by atoms with Gasteiger partial charge in [0, 0.05) is 24.1 Å². The minimum atomic E-state index is 0.118. The molecule has 0 fully saturated rings. The third kappa shape index (κ3) is 3.18. The van der Waals surface area contributed by atoms with E-state index >= 15 is 0 Å². The first-order valence-corrected chi connectivity index (χ1v) is 10.8. The first-order chi connectivity index (χ1) is 15.1. The molecule has 1 heterocycles. The molecule has 0 radical (unpaired) electrons. The second-order valence-electron chi connectivity index (χ2n) is 8.45. The van der Waals surface area contributed by atoms with Crippen LogP contribution in [0.4, 0.5) is 0 Å². The number of methoxy groups -OCH3 is 2. The molecule has 0 saturated heterocycles. The van der Waals surface area contributed by atoms with Crippen LogP contribution in [-0.2, 0) is 13.0 Å². The Labute approximate surface area is 183 Å². The summed E-state index contributed by atoms with van der Waals surface area (Å²) in [5.74, 6) is 1.77. The zero-order valence-electron chi connectivity index (χ0n) is 18.2. The van der Waals surface area contributed by atoms with Gasteiger partial charge >= 0.3 is 0 Å². The van der Waals surface area contributed by atoms with Crippen molar-refractivity contribution < 1.29 is 14.3 Å². The van der Waals surface area contributed by atoms with Crippen molar-refractivity contribution >= 4 is 5.91 Å². The molecule has 0 aromatic heterocycles. The van der Waals surface area contributed by atoms with Crippen LogP contribution in [0.3, 0.4) is 0 Å². The van der Waals surface area contributed by atoms with Crippen LogP contribution in [0.5, 0.6) is 11.5 Å². The third-order valence-corrected chi connectivity index (χ3v) is 6.79. The van der Waals surface area contributed by atoms with Gasteiger partial charge in [0.1, 0.15) is 0 Å². The Hall–Kier alpha value is -3.27. The zero-order chi connectivity index (χ0) is 21.5. The smallest absolute Gasteiger partial charge is 0.255 e. The van der Waals surface area contributed by atoms with Crippen molar-refractivity contribution in [2.75, 3.05) is 14.2 Å². The van der Waals surface area contributed by atoms with Gasteiger partial charge in [0.05, 0.1) is 14.2 Å². The number of fused-ring (bicyclic) bond motifs is 5. The molecule has 5 rings (SSSR count). The summed E-state index contributed by atoms with van der Waals surface area (Å²) < 4.78 is 11.2. The van der Waals surface area contributed by atoms with Crippen LogP contribution >= 0.6 is 0 Å². The molecule has 3 aromatic rings. The predicted molar refractivity (Wildman–Crippen MR) is 121 cm³/mol. The lowest BCUT2D eigenvalue weighted by atomic mass is 9.70. The topological polar surface area (TPSA) is 38.8 Å². The Balaban J connectivity index is 1.68. The SMILES string of the molecule is COc1cc2c(cc1OC)[C@H]1c3cccc(C)c3C(=O)N(Cc3ccccc3)[C@@H]1CC2. The lowest BCUT2D eigenvalue weighted by Gasteiger charge is -2.46. The van der Waals surface area contributed by atoms with E-state index in [9.17, 15) is 4.79 Å². The number of benzene rings is 3. The highest BCUT2D eigenvalue weighted by molar-refractivity contribution is 5.99. The van der Waals surface area contributed by atoms with Crippen molar-refractivity contribution in [3.8, 4) is 11.5 Å². The van der Waals surface area contributed by atoms with Gasteiger partial charge < -0.3 is 14.4 Å². The summed E-state index contributed by atoms with van der Waals surface area (Å²) in [5, 5.41) is 0. The summed E-state index contributed by atoms with van der Waals surface area (Å²) in [6, 6.07) is 20.9. The molecular weight excluding hydrogens is 386 g/mol. The number of rotatable bonds is 4.